The minimum absolute atomic E-state index is 0.0528. The number of hydrogen-bond acceptors (Lipinski definition) is 6. The normalized spacial score (nSPS) is 13.8. The fraction of sp³-hybridized carbons (Fsp3) is 0.292. The van der Waals surface area contributed by atoms with E-state index in [9.17, 15) is 4.79 Å². The Hall–Kier alpha value is -2.77. The van der Waals surface area contributed by atoms with Crippen LogP contribution in [0.1, 0.15) is 11.1 Å². The smallest absolute Gasteiger partial charge is 0.234 e. The lowest BCUT2D eigenvalue weighted by atomic mass is 10.1. The van der Waals surface area contributed by atoms with Crippen LogP contribution >= 0.6 is 23.4 Å². The van der Waals surface area contributed by atoms with Crippen LogP contribution < -0.4 is 15.1 Å². The second-order valence-corrected chi connectivity index (χ2v) is 9.33. The number of aryl methyl sites for hydroxylation is 2. The quantitative estimate of drug-likeness (QED) is 0.525. The van der Waals surface area contributed by atoms with Gasteiger partial charge >= 0.3 is 0 Å². The van der Waals surface area contributed by atoms with Crippen molar-refractivity contribution in [1.29, 1.82) is 0 Å². The maximum Gasteiger partial charge on any atom is 0.234 e. The Balaban J connectivity index is 1.26. The zero-order valence-electron chi connectivity index (χ0n) is 18.2. The van der Waals surface area contributed by atoms with E-state index in [1.54, 1.807) is 0 Å². The number of rotatable bonds is 6. The van der Waals surface area contributed by atoms with Gasteiger partial charge in [-0.05, 0) is 67.4 Å². The molecule has 1 aliphatic rings. The van der Waals surface area contributed by atoms with Gasteiger partial charge in [-0.25, -0.2) is 0 Å². The summed E-state index contributed by atoms with van der Waals surface area (Å²) in [6.07, 6.45) is 0. The summed E-state index contributed by atoms with van der Waals surface area (Å²) in [6.45, 7) is 7.57. The van der Waals surface area contributed by atoms with E-state index in [-0.39, 0.29) is 5.91 Å². The number of nitrogens with zero attached hydrogens (tertiary/aromatic N) is 4. The Morgan fingerprint density at radius 2 is 1.69 bits per heavy atom. The van der Waals surface area contributed by atoms with Gasteiger partial charge in [0.2, 0.25) is 5.91 Å². The molecule has 1 saturated heterocycles. The maximum absolute atomic E-state index is 12.3. The predicted molar refractivity (Wildman–Crippen MR) is 133 cm³/mol. The van der Waals surface area contributed by atoms with Crippen LogP contribution in [0.15, 0.2) is 59.6 Å². The molecule has 0 aliphatic carbocycles. The van der Waals surface area contributed by atoms with Gasteiger partial charge in [0.25, 0.3) is 0 Å². The van der Waals surface area contributed by atoms with Gasteiger partial charge in [-0.3, -0.25) is 4.79 Å². The molecule has 3 aromatic rings. The van der Waals surface area contributed by atoms with Gasteiger partial charge in [0.1, 0.15) is 5.03 Å². The zero-order valence-corrected chi connectivity index (χ0v) is 19.8. The Bertz CT molecular complexity index is 1060. The molecule has 0 bridgehead atoms. The predicted octanol–water partition coefficient (Wildman–Crippen LogP) is 4.80. The molecule has 0 saturated carbocycles. The molecule has 0 unspecified atom stereocenters. The van der Waals surface area contributed by atoms with Crippen LogP contribution in [-0.2, 0) is 4.79 Å². The fourth-order valence-corrected chi connectivity index (χ4v) is 4.61. The largest absolute Gasteiger partial charge is 0.368 e. The van der Waals surface area contributed by atoms with E-state index < -0.39 is 0 Å². The number of anilines is 3. The first-order valence-electron chi connectivity index (χ1n) is 10.6. The van der Waals surface area contributed by atoms with E-state index in [2.05, 4.69) is 37.4 Å². The van der Waals surface area contributed by atoms with Crippen LogP contribution in [-0.4, -0.2) is 48.0 Å². The van der Waals surface area contributed by atoms with E-state index >= 15 is 0 Å². The van der Waals surface area contributed by atoms with E-state index in [0.29, 0.717) is 5.75 Å². The van der Waals surface area contributed by atoms with Crippen molar-refractivity contribution in [2.45, 2.75) is 18.9 Å². The van der Waals surface area contributed by atoms with Gasteiger partial charge in [0, 0.05) is 42.6 Å². The molecule has 4 rings (SSSR count). The number of carbonyl (C=O) groups excluding carboxylic acids is 1. The Labute approximate surface area is 198 Å². The number of thioether (sulfide) groups is 1. The first-order valence-corrected chi connectivity index (χ1v) is 11.9. The average molecular weight is 468 g/mol. The number of amides is 1. The molecular weight excluding hydrogens is 442 g/mol. The maximum atomic E-state index is 12.3. The van der Waals surface area contributed by atoms with Crippen molar-refractivity contribution in [2.24, 2.45) is 0 Å². The van der Waals surface area contributed by atoms with Crippen LogP contribution in [0.25, 0.3) is 0 Å². The number of carbonyl (C=O) groups is 1. The van der Waals surface area contributed by atoms with E-state index in [1.165, 1.54) is 11.8 Å². The first kappa shape index (κ1) is 22.4. The monoisotopic (exact) mass is 467 g/mol. The molecule has 6 nitrogen and oxygen atoms in total. The molecule has 8 heteroatoms. The summed E-state index contributed by atoms with van der Waals surface area (Å²) in [5.41, 5.74) is 4.23. The summed E-state index contributed by atoms with van der Waals surface area (Å²) in [6, 6.07) is 17.9. The molecule has 2 aromatic carbocycles. The van der Waals surface area contributed by atoms with Gasteiger partial charge in [0.05, 0.1) is 5.75 Å². The van der Waals surface area contributed by atoms with E-state index in [1.807, 2.05) is 56.3 Å². The summed E-state index contributed by atoms with van der Waals surface area (Å²) in [7, 11) is 0. The third-order valence-electron chi connectivity index (χ3n) is 5.26. The van der Waals surface area contributed by atoms with Gasteiger partial charge in [-0.2, -0.15) is 0 Å². The number of piperazine rings is 1. The highest BCUT2D eigenvalue weighted by atomic mass is 35.5. The van der Waals surface area contributed by atoms with Crippen molar-refractivity contribution in [1.82, 2.24) is 10.2 Å². The topological polar surface area (TPSA) is 61.4 Å². The lowest BCUT2D eigenvalue weighted by Crippen LogP contribution is -2.46. The lowest BCUT2D eigenvalue weighted by Gasteiger charge is -2.36. The lowest BCUT2D eigenvalue weighted by molar-refractivity contribution is -0.113. The molecular formula is C24H26ClN5OS. The van der Waals surface area contributed by atoms with Crippen molar-refractivity contribution in [3.63, 3.8) is 0 Å². The average Bonchev–Trinajstić information content (AvgIpc) is 2.77. The second kappa shape index (κ2) is 10.2. The number of hydrogen-bond donors (Lipinski definition) is 1. The van der Waals surface area contributed by atoms with Crippen molar-refractivity contribution < 1.29 is 4.79 Å². The summed E-state index contributed by atoms with van der Waals surface area (Å²) in [4.78, 5) is 16.8. The fourth-order valence-electron chi connectivity index (χ4n) is 3.81. The van der Waals surface area contributed by atoms with Gasteiger partial charge in [-0.15, -0.1) is 10.2 Å². The Morgan fingerprint density at radius 3 is 2.34 bits per heavy atom. The van der Waals surface area contributed by atoms with Crippen LogP contribution in [0.2, 0.25) is 5.02 Å². The number of benzene rings is 2. The summed E-state index contributed by atoms with van der Waals surface area (Å²) >= 11 is 7.50. The van der Waals surface area contributed by atoms with E-state index in [0.717, 1.165) is 64.5 Å². The van der Waals surface area contributed by atoms with Crippen LogP contribution in [0.4, 0.5) is 17.2 Å². The third kappa shape index (κ3) is 5.93. The molecule has 1 N–H and O–H groups in total. The standard InChI is InChI=1S/C24H26ClN5OS/c1-17-12-18(2)14-20(13-17)26-23(31)16-32-24-7-6-22(27-28-24)30-10-8-29(9-11-30)21-5-3-4-19(25)15-21/h3-7,12-15H,8-11,16H2,1-2H3,(H,26,31). The van der Waals surface area contributed by atoms with Gasteiger partial charge in [-0.1, -0.05) is 35.5 Å². The zero-order chi connectivity index (χ0) is 22.5. The first-order chi connectivity index (χ1) is 15.5. The summed E-state index contributed by atoms with van der Waals surface area (Å²) in [5.74, 6) is 1.10. The molecule has 0 radical (unpaired) electrons. The molecule has 2 heterocycles. The molecule has 0 spiro atoms. The molecule has 1 amide bonds. The second-order valence-electron chi connectivity index (χ2n) is 7.90. The van der Waals surface area contributed by atoms with Gasteiger partial charge in [0.15, 0.2) is 5.82 Å². The highest BCUT2D eigenvalue weighted by Gasteiger charge is 2.19. The van der Waals surface area contributed by atoms with E-state index in [4.69, 9.17) is 11.6 Å². The Morgan fingerprint density at radius 1 is 0.969 bits per heavy atom. The van der Waals surface area contributed by atoms with Crippen molar-refractivity contribution in [3.8, 4) is 0 Å². The minimum Gasteiger partial charge on any atom is -0.368 e. The molecule has 0 atom stereocenters. The molecule has 1 fully saturated rings. The highest BCUT2D eigenvalue weighted by molar-refractivity contribution is 7.99. The third-order valence-corrected chi connectivity index (χ3v) is 6.41. The van der Waals surface area contributed by atoms with Crippen molar-refractivity contribution in [2.75, 3.05) is 47.0 Å². The molecule has 1 aromatic heterocycles. The van der Waals surface area contributed by atoms with Crippen LogP contribution in [0.3, 0.4) is 0 Å². The molecule has 1 aliphatic heterocycles. The van der Waals surface area contributed by atoms with Crippen LogP contribution in [0.5, 0.6) is 0 Å². The number of halogens is 1. The number of nitrogens with one attached hydrogen (secondary N) is 1. The summed E-state index contributed by atoms with van der Waals surface area (Å²) < 4.78 is 0. The highest BCUT2D eigenvalue weighted by Crippen LogP contribution is 2.23. The minimum atomic E-state index is -0.0528. The number of aromatic nitrogens is 2. The van der Waals surface area contributed by atoms with Gasteiger partial charge < -0.3 is 15.1 Å². The molecule has 166 valence electrons. The summed E-state index contributed by atoms with van der Waals surface area (Å²) in [5, 5.41) is 13.1. The van der Waals surface area contributed by atoms with Crippen molar-refractivity contribution in [3.05, 3.63) is 70.7 Å². The van der Waals surface area contributed by atoms with Crippen molar-refractivity contribution >= 4 is 46.5 Å². The molecule has 32 heavy (non-hydrogen) atoms. The SMILES string of the molecule is Cc1cc(C)cc(NC(=O)CSc2ccc(N3CCN(c4cccc(Cl)c4)CC3)nn2)c1. The van der Waals surface area contributed by atoms with Crippen LogP contribution in [0, 0.1) is 13.8 Å². The Kier molecular flexibility index (Phi) is 7.17.